The van der Waals surface area contributed by atoms with E-state index in [1.165, 1.54) is 4.88 Å². The van der Waals surface area contributed by atoms with Crippen LogP contribution in [0.25, 0.3) is 0 Å². The van der Waals surface area contributed by atoms with Crippen molar-refractivity contribution in [1.82, 2.24) is 10.3 Å². The van der Waals surface area contributed by atoms with Gasteiger partial charge in [-0.3, -0.25) is 4.98 Å². The second-order valence-electron chi connectivity index (χ2n) is 3.59. The van der Waals surface area contributed by atoms with Gasteiger partial charge in [0.2, 0.25) is 0 Å². The van der Waals surface area contributed by atoms with E-state index in [1.54, 1.807) is 11.3 Å². The minimum Gasteiger partial charge on any atom is -0.304 e. The van der Waals surface area contributed by atoms with Crippen LogP contribution in [0.5, 0.6) is 0 Å². The predicted molar refractivity (Wildman–Crippen MR) is 68.8 cm³/mol. The van der Waals surface area contributed by atoms with Gasteiger partial charge in [-0.15, -0.1) is 11.3 Å². The largest absolute Gasteiger partial charge is 0.304 e. The van der Waals surface area contributed by atoms with Crippen LogP contribution in [0.3, 0.4) is 0 Å². The molecule has 0 spiro atoms. The van der Waals surface area contributed by atoms with Crippen molar-refractivity contribution in [3.8, 4) is 0 Å². The molecule has 2 aromatic heterocycles. The number of thiophene rings is 1. The molecular weight excluding hydrogens is 240 g/mol. The van der Waals surface area contributed by atoms with Crippen LogP contribution in [0.2, 0.25) is 5.02 Å². The van der Waals surface area contributed by atoms with Crippen molar-refractivity contribution in [3.05, 3.63) is 51.4 Å². The molecule has 4 heteroatoms. The van der Waals surface area contributed by atoms with Gasteiger partial charge in [0.1, 0.15) is 0 Å². The van der Waals surface area contributed by atoms with Gasteiger partial charge in [0, 0.05) is 29.0 Å². The average molecular weight is 253 g/mol. The van der Waals surface area contributed by atoms with Crippen molar-refractivity contribution < 1.29 is 0 Å². The number of nitrogens with zero attached hydrogens (tertiary/aromatic N) is 1. The van der Waals surface area contributed by atoms with Gasteiger partial charge in [0.05, 0.1) is 10.7 Å². The van der Waals surface area contributed by atoms with E-state index in [9.17, 15) is 0 Å². The van der Waals surface area contributed by atoms with Gasteiger partial charge in [-0.05, 0) is 25.1 Å². The Kier molecular flexibility index (Phi) is 3.93. The van der Waals surface area contributed by atoms with E-state index in [0.717, 1.165) is 17.3 Å². The van der Waals surface area contributed by atoms with Crippen LogP contribution in [0, 0.1) is 0 Å². The molecule has 16 heavy (non-hydrogen) atoms. The van der Waals surface area contributed by atoms with Crippen LogP contribution < -0.4 is 5.32 Å². The molecule has 0 saturated carbocycles. The monoisotopic (exact) mass is 252 g/mol. The van der Waals surface area contributed by atoms with Crippen LogP contribution in [0.1, 0.15) is 23.5 Å². The van der Waals surface area contributed by atoms with Gasteiger partial charge in [-0.25, -0.2) is 0 Å². The highest BCUT2D eigenvalue weighted by Crippen LogP contribution is 2.19. The van der Waals surface area contributed by atoms with Gasteiger partial charge in [0.25, 0.3) is 0 Å². The first-order valence-electron chi connectivity index (χ1n) is 5.13. The van der Waals surface area contributed by atoms with E-state index in [-0.39, 0.29) is 6.04 Å². The molecule has 0 fully saturated rings. The molecule has 2 aromatic rings. The summed E-state index contributed by atoms with van der Waals surface area (Å²) in [5, 5.41) is 6.18. The molecule has 1 N–H and O–H groups in total. The second kappa shape index (κ2) is 5.43. The zero-order chi connectivity index (χ0) is 11.4. The van der Waals surface area contributed by atoms with Crippen molar-refractivity contribution in [3.63, 3.8) is 0 Å². The summed E-state index contributed by atoms with van der Waals surface area (Å²) in [6, 6.07) is 8.20. The Hall–Kier alpha value is -0.900. The fourth-order valence-electron chi connectivity index (χ4n) is 1.44. The fourth-order valence-corrected chi connectivity index (χ4v) is 2.46. The number of nitrogens with one attached hydrogen (secondary N) is 1. The summed E-state index contributed by atoms with van der Waals surface area (Å²) in [5.74, 6) is 0. The number of hydrogen-bond donors (Lipinski definition) is 1. The Morgan fingerprint density at radius 1 is 1.50 bits per heavy atom. The van der Waals surface area contributed by atoms with Gasteiger partial charge >= 0.3 is 0 Å². The Morgan fingerprint density at radius 2 is 2.38 bits per heavy atom. The normalized spacial score (nSPS) is 12.6. The number of hydrogen-bond acceptors (Lipinski definition) is 3. The third-order valence-electron chi connectivity index (χ3n) is 2.34. The molecule has 0 radical (unpaired) electrons. The summed E-state index contributed by atoms with van der Waals surface area (Å²) in [5.41, 5.74) is 1.06. The molecule has 2 rings (SSSR count). The highest BCUT2D eigenvalue weighted by molar-refractivity contribution is 7.10. The van der Waals surface area contributed by atoms with E-state index in [2.05, 4.69) is 17.2 Å². The average Bonchev–Trinajstić information content (AvgIpc) is 2.73. The van der Waals surface area contributed by atoms with E-state index < -0.39 is 0 Å². The topological polar surface area (TPSA) is 24.9 Å². The summed E-state index contributed by atoms with van der Waals surface area (Å²) in [4.78, 5) is 5.55. The molecular formula is C12H13ClN2S. The van der Waals surface area contributed by atoms with Crippen molar-refractivity contribution in [2.24, 2.45) is 0 Å². The lowest BCUT2D eigenvalue weighted by Crippen LogP contribution is -2.18. The molecule has 0 aliphatic rings. The molecule has 2 heterocycles. The fraction of sp³-hybridized carbons (Fsp3) is 0.250. The number of halogens is 1. The molecule has 1 atom stereocenters. The maximum Gasteiger partial charge on any atom is 0.0570 e. The van der Waals surface area contributed by atoms with Crippen LogP contribution in [-0.4, -0.2) is 4.98 Å². The zero-order valence-electron chi connectivity index (χ0n) is 8.98. The minimum atomic E-state index is 0.252. The van der Waals surface area contributed by atoms with Crippen LogP contribution in [-0.2, 0) is 6.54 Å². The molecule has 0 saturated heterocycles. The van der Waals surface area contributed by atoms with Crippen molar-refractivity contribution in [1.29, 1.82) is 0 Å². The van der Waals surface area contributed by atoms with E-state index in [4.69, 9.17) is 11.6 Å². The van der Waals surface area contributed by atoms with Crippen LogP contribution >= 0.6 is 22.9 Å². The van der Waals surface area contributed by atoms with E-state index >= 15 is 0 Å². The van der Waals surface area contributed by atoms with Crippen LogP contribution in [0.15, 0.2) is 35.8 Å². The lowest BCUT2D eigenvalue weighted by Gasteiger charge is -2.11. The highest BCUT2D eigenvalue weighted by atomic mass is 35.5. The second-order valence-corrected chi connectivity index (χ2v) is 5.02. The van der Waals surface area contributed by atoms with Gasteiger partial charge in [-0.1, -0.05) is 17.7 Å². The summed E-state index contributed by atoms with van der Waals surface area (Å²) in [6.07, 6.45) is 1.82. The molecule has 84 valence electrons. The zero-order valence-corrected chi connectivity index (χ0v) is 10.6. The lowest BCUT2D eigenvalue weighted by atomic mass is 10.2. The molecule has 0 aliphatic carbocycles. The minimum absolute atomic E-state index is 0.252. The summed E-state index contributed by atoms with van der Waals surface area (Å²) in [7, 11) is 0. The first kappa shape index (κ1) is 11.6. The Labute approximate surface area is 104 Å². The molecule has 2 nitrogen and oxygen atoms in total. The van der Waals surface area contributed by atoms with E-state index in [1.807, 2.05) is 35.8 Å². The predicted octanol–water partition coefficient (Wildman–Crippen LogP) is 3.65. The van der Waals surface area contributed by atoms with Gasteiger partial charge in [-0.2, -0.15) is 0 Å². The number of rotatable bonds is 4. The molecule has 0 aromatic carbocycles. The first-order chi connectivity index (χ1) is 7.75. The molecule has 0 amide bonds. The molecule has 0 bridgehead atoms. The third kappa shape index (κ3) is 3.04. The van der Waals surface area contributed by atoms with Crippen LogP contribution in [0.4, 0.5) is 0 Å². The SMILES string of the molecule is CC(NCc1cc(Cl)cs1)c1ccccn1. The number of pyridine rings is 1. The number of aromatic nitrogens is 1. The molecule has 1 unspecified atom stereocenters. The van der Waals surface area contributed by atoms with Crippen molar-refractivity contribution in [2.45, 2.75) is 19.5 Å². The summed E-state index contributed by atoms with van der Waals surface area (Å²) < 4.78 is 0. The van der Waals surface area contributed by atoms with E-state index in [0.29, 0.717) is 0 Å². The maximum atomic E-state index is 5.86. The lowest BCUT2D eigenvalue weighted by molar-refractivity contribution is 0.565. The first-order valence-corrected chi connectivity index (χ1v) is 6.38. The Balaban J connectivity index is 1.91. The van der Waals surface area contributed by atoms with Gasteiger partial charge < -0.3 is 5.32 Å². The summed E-state index contributed by atoms with van der Waals surface area (Å²) in [6.45, 7) is 2.94. The maximum absolute atomic E-state index is 5.86. The molecule has 0 aliphatic heterocycles. The summed E-state index contributed by atoms with van der Waals surface area (Å²) >= 11 is 7.53. The standard InChI is InChI=1S/C12H13ClN2S/c1-9(12-4-2-3-5-14-12)15-7-11-6-10(13)8-16-11/h2-6,8-9,15H,7H2,1H3. The highest BCUT2D eigenvalue weighted by Gasteiger charge is 2.06. The third-order valence-corrected chi connectivity index (χ3v) is 3.62. The quantitative estimate of drug-likeness (QED) is 0.899. The van der Waals surface area contributed by atoms with Crippen molar-refractivity contribution in [2.75, 3.05) is 0 Å². The Bertz CT molecular complexity index is 441. The van der Waals surface area contributed by atoms with Crippen molar-refractivity contribution >= 4 is 22.9 Å². The smallest absolute Gasteiger partial charge is 0.0570 e. The Morgan fingerprint density at radius 3 is 3.00 bits per heavy atom. The van der Waals surface area contributed by atoms with Gasteiger partial charge in [0.15, 0.2) is 0 Å².